The molecular weight excluding hydrogens is 306 g/mol. The second-order valence-electron chi connectivity index (χ2n) is 7.83. The summed E-state index contributed by atoms with van der Waals surface area (Å²) in [6, 6.07) is 22.3. The number of nitrogens with zero attached hydrogens (tertiary/aromatic N) is 1. The second kappa shape index (κ2) is 6.72. The van der Waals surface area contributed by atoms with E-state index in [-0.39, 0.29) is 11.3 Å². The minimum absolute atomic E-state index is 0.0195. The van der Waals surface area contributed by atoms with E-state index < -0.39 is 0 Å². The average molecular weight is 331 g/mol. The molecule has 3 rings (SSSR count). The van der Waals surface area contributed by atoms with Crippen LogP contribution in [-0.4, -0.2) is 13.0 Å². The molecule has 0 aliphatic carbocycles. The number of carbonyl (C=O) groups excluding carboxylic acids is 1. The molecule has 0 saturated heterocycles. The summed E-state index contributed by atoms with van der Waals surface area (Å²) in [6.45, 7) is 6.63. The van der Waals surface area contributed by atoms with Gasteiger partial charge in [-0.1, -0.05) is 63.2 Å². The van der Waals surface area contributed by atoms with E-state index in [4.69, 9.17) is 0 Å². The van der Waals surface area contributed by atoms with Crippen LogP contribution in [-0.2, 0) is 6.42 Å². The summed E-state index contributed by atoms with van der Waals surface area (Å²) in [4.78, 5) is 14.6. The minimum atomic E-state index is 0.0195. The molecule has 0 fully saturated rings. The molecule has 0 N–H and O–H groups in total. The van der Waals surface area contributed by atoms with Crippen molar-refractivity contribution in [2.45, 2.75) is 27.2 Å². The van der Waals surface area contributed by atoms with Gasteiger partial charge in [0.25, 0.3) is 5.91 Å². The number of amides is 1. The van der Waals surface area contributed by atoms with Gasteiger partial charge < -0.3 is 4.90 Å². The lowest BCUT2D eigenvalue weighted by Crippen LogP contribution is -2.26. The molecule has 0 heterocycles. The Morgan fingerprint density at radius 3 is 2.32 bits per heavy atom. The third-order valence-corrected chi connectivity index (χ3v) is 4.33. The first-order valence-electron chi connectivity index (χ1n) is 8.69. The van der Waals surface area contributed by atoms with Gasteiger partial charge in [-0.2, -0.15) is 0 Å². The average Bonchev–Trinajstić information content (AvgIpc) is 2.59. The maximum atomic E-state index is 12.9. The number of carbonyl (C=O) groups is 1. The predicted octanol–water partition coefficient (Wildman–Crippen LogP) is 5.71. The van der Waals surface area contributed by atoms with Crippen molar-refractivity contribution >= 4 is 22.4 Å². The van der Waals surface area contributed by atoms with Gasteiger partial charge in [0.2, 0.25) is 0 Å². The van der Waals surface area contributed by atoms with Gasteiger partial charge in [-0.15, -0.1) is 0 Å². The van der Waals surface area contributed by atoms with Crippen LogP contribution in [0.5, 0.6) is 0 Å². The smallest absolute Gasteiger partial charge is 0.258 e. The maximum absolute atomic E-state index is 12.9. The van der Waals surface area contributed by atoms with E-state index in [1.807, 2.05) is 43.4 Å². The highest BCUT2D eigenvalue weighted by Crippen LogP contribution is 2.24. The van der Waals surface area contributed by atoms with Crippen LogP contribution < -0.4 is 4.90 Å². The summed E-state index contributed by atoms with van der Waals surface area (Å²) in [7, 11) is 1.84. The van der Waals surface area contributed by atoms with E-state index in [9.17, 15) is 4.79 Å². The van der Waals surface area contributed by atoms with Crippen molar-refractivity contribution in [1.29, 1.82) is 0 Å². The van der Waals surface area contributed by atoms with Gasteiger partial charge >= 0.3 is 0 Å². The van der Waals surface area contributed by atoms with Crippen molar-refractivity contribution in [1.82, 2.24) is 0 Å². The molecule has 3 aromatic carbocycles. The lowest BCUT2D eigenvalue weighted by molar-refractivity contribution is 0.0993. The van der Waals surface area contributed by atoms with Crippen LogP contribution in [0, 0.1) is 5.41 Å². The molecular formula is C23H25NO. The van der Waals surface area contributed by atoms with Crippen molar-refractivity contribution in [2.75, 3.05) is 11.9 Å². The second-order valence-corrected chi connectivity index (χ2v) is 7.83. The Kier molecular flexibility index (Phi) is 4.63. The zero-order valence-electron chi connectivity index (χ0n) is 15.4. The summed E-state index contributed by atoms with van der Waals surface area (Å²) in [6.07, 6.45) is 0.952. The zero-order valence-corrected chi connectivity index (χ0v) is 15.4. The standard InChI is InChI=1S/C23H25NO/c1-23(2,3)16-17-8-7-11-20(14-17)22(25)24(4)21-13-12-18-9-5-6-10-19(18)15-21/h5-15H,16H2,1-4H3. The highest BCUT2D eigenvalue weighted by Gasteiger charge is 2.16. The summed E-state index contributed by atoms with van der Waals surface area (Å²) in [5.74, 6) is 0.0195. The van der Waals surface area contributed by atoms with Gasteiger partial charge in [-0.05, 0) is 52.4 Å². The molecule has 0 aliphatic heterocycles. The molecule has 25 heavy (non-hydrogen) atoms. The van der Waals surface area contributed by atoms with E-state index in [0.29, 0.717) is 0 Å². The van der Waals surface area contributed by atoms with Crippen molar-refractivity contribution in [3.8, 4) is 0 Å². The van der Waals surface area contributed by atoms with Crippen LogP contribution in [0.15, 0.2) is 66.7 Å². The van der Waals surface area contributed by atoms with Gasteiger partial charge in [-0.25, -0.2) is 0 Å². The number of fused-ring (bicyclic) bond motifs is 1. The quantitative estimate of drug-likeness (QED) is 0.602. The molecule has 0 saturated carbocycles. The zero-order chi connectivity index (χ0) is 18.0. The molecule has 2 heteroatoms. The lowest BCUT2D eigenvalue weighted by Gasteiger charge is -2.20. The van der Waals surface area contributed by atoms with Gasteiger partial charge in [-0.3, -0.25) is 4.79 Å². The highest BCUT2D eigenvalue weighted by molar-refractivity contribution is 6.06. The number of hydrogen-bond acceptors (Lipinski definition) is 1. The molecule has 0 aromatic heterocycles. The summed E-state index contributed by atoms with van der Waals surface area (Å²) < 4.78 is 0. The van der Waals surface area contributed by atoms with Gasteiger partial charge in [0.15, 0.2) is 0 Å². The molecule has 3 aromatic rings. The van der Waals surface area contributed by atoms with Crippen LogP contribution in [0.3, 0.4) is 0 Å². The van der Waals surface area contributed by atoms with Gasteiger partial charge in [0, 0.05) is 18.3 Å². The van der Waals surface area contributed by atoms with E-state index >= 15 is 0 Å². The molecule has 0 radical (unpaired) electrons. The van der Waals surface area contributed by atoms with Crippen LogP contribution in [0.4, 0.5) is 5.69 Å². The first-order valence-corrected chi connectivity index (χ1v) is 8.69. The summed E-state index contributed by atoms with van der Waals surface area (Å²) in [5.41, 5.74) is 3.04. The minimum Gasteiger partial charge on any atom is -0.311 e. The largest absolute Gasteiger partial charge is 0.311 e. The normalized spacial score (nSPS) is 11.5. The first kappa shape index (κ1) is 17.2. The molecule has 0 atom stereocenters. The Hall–Kier alpha value is -2.61. The number of benzene rings is 3. The fraction of sp³-hybridized carbons (Fsp3) is 0.261. The number of rotatable bonds is 3. The topological polar surface area (TPSA) is 20.3 Å². The van der Waals surface area contributed by atoms with Crippen LogP contribution in [0.25, 0.3) is 10.8 Å². The molecule has 0 bridgehead atoms. The fourth-order valence-corrected chi connectivity index (χ4v) is 3.12. The van der Waals surface area contributed by atoms with Crippen molar-refractivity contribution in [3.63, 3.8) is 0 Å². The first-order chi connectivity index (χ1) is 11.8. The van der Waals surface area contributed by atoms with Crippen LogP contribution >= 0.6 is 0 Å². The van der Waals surface area contributed by atoms with E-state index in [1.165, 1.54) is 10.9 Å². The van der Waals surface area contributed by atoms with Crippen molar-refractivity contribution in [2.24, 2.45) is 5.41 Å². The predicted molar refractivity (Wildman–Crippen MR) is 106 cm³/mol. The Morgan fingerprint density at radius 1 is 0.880 bits per heavy atom. The van der Waals surface area contributed by atoms with Gasteiger partial charge in [0.05, 0.1) is 0 Å². The Morgan fingerprint density at radius 2 is 1.60 bits per heavy atom. The van der Waals surface area contributed by atoms with Crippen molar-refractivity contribution in [3.05, 3.63) is 77.9 Å². The Balaban J connectivity index is 1.87. The maximum Gasteiger partial charge on any atom is 0.258 e. The van der Waals surface area contributed by atoms with Crippen LogP contribution in [0.2, 0.25) is 0 Å². The number of anilines is 1. The molecule has 2 nitrogen and oxygen atoms in total. The highest BCUT2D eigenvalue weighted by atomic mass is 16.2. The van der Waals surface area contributed by atoms with E-state index in [1.54, 1.807) is 4.90 Å². The molecule has 128 valence electrons. The molecule has 0 aliphatic rings. The molecule has 0 spiro atoms. The van der Waals surface area contributed by atoms with Crippen molar-refractivity contribution < 1.29 is 4.79 Å². The number of hydrogen-bond donors (Lipinski definition) is 0. The Labute approximate surface area is 150 Å². The molecule has 1 amide bonds. The summed E-state index contributed by atoms with van der Waals surface area (Å²) in [5, 5.41) is 2.32. The third kappa shape index (κ3) is 4.08. The summed E-state index contributed by atoms with van der Waals surface area (Å²) >= 11 is 0. The SMILES string of the molecule is CN(C(=O)c1cccc(CC(C)(C)C)c1)c1ccc2ccccc2c1. The monoisotopic (exact) mass is 331 g/mol. The lowest BCUT2D eigenvalue weighted by atomic mass is 9.87. The van der Waals surface area contributed by atoms with E-state index in [2.05, 4.69) is 51.1 Å². The van der Waals surface area contributed by atoms with Crippen LogP contribution in [0.1, 0.15) is 36.7 Å². The fourth-order valence-electron chi connectivity index (χ4n) is 3.12. The Bertz CT molecular complexity index is 905. The third-order valence-electron chi connectivity index (χ3n) is 4.33. The van der Waals surface area contributed by atoms with Gasteiger partial charge in [0.1, 0.15) is 0 Å². The van der Waals surface area contributed by atoms with E-state index in [0.717, 1.165) is 23.1 Å². The molecule has 0 unspecified atom stereocenters.